The minimum atomic E-state index is 0.149. The molecule has 0 saturated carbocycles. The summed E-state index contributed by atoms with van der Waals surface area (Å²) in [6.07, 6.45) is 1.09. The van der Waals surface area contributed by atoms with Gasteiger partial charge in [0.05, 0.1) is 20.3 Å². The molecule has 0 spiro atoms. The van der Waals surface area contributed by atoms with Gasteiger partial charge in [-0.15, -0.1) is 0 Å². The molecular weight excluding hydrogens is 240 g/mol. The zero-order chi connectivity index (χ0) is 14.4. The summed E-state index contributed by atoms with van der Waals surface area (Å²) in [5, 5.41) is 0. The summed E-state index contributed by atoms with van der Waals surface area (Å²) in [6, 6.07) is 6.51. The van der Waals surface area contributed by atoms with Crippen LogP contribution in [0.1, 0.15) is 31.9 Å². The second-order valence-corrected chi connectivity index (χ2v) is 4.78. The molecule has 1 aromatic rings. The largest absolute Gasteiger partial charge is 0.497 e. The maximum Gasteiger partial charge on any atom is 0.127 e. The second-order valence-electron chi connectivity index (χ2n) is 4.78. The van der Waals surface area contributed by atoms with Crippen molar-refractivity contribution in [3.8, 4) is 11.5 Å². The highest BCUT2D eigenvalue weighted by atomic mass is 16.5. The van der Waals surface area contributed by atoms with E-state index in [2.05, 4.69) is 25.8 Å². The lowest BCUT2D eigenvalue weighted by Gasteiger charge is -2.33. The van der Waals surface area contributed by atoms with Crippen LogP contribution in [0.5, 0.6) is 11.5 Å². The third-order valence-electron chi connectivity index (χ3n) is 3.80. The topological polar surface area (TPSA) is 47.7 Å². The van der Waals surface area contributed by atoms with Crippen molar-refractivity contribution in [2.45, 2.75) is 32.4 Å². The van der Waals surface area contributed by atoms with Gasteiger partial charge in [-0.1, -0.05) is 13.0 Å². The maximum atomic E-state index is 5.96. The van der Waals surface area contributed by atoms with Crippen LogP contribution in [0, 0.1) is 0 Å². The molecule has 0 aliphatic carbocycles. The van der Waals surface area contributed by atoms with E-state index in [1.165, 1.54) is 0 Å². The van der Waals surface area contributed by atoms with Gasteiger partial charge in [0.1, 0.15) is 11.5 Å². The van der Waals surface area contributed by atoms with E-state index in [1.807, 2.05) is 18.2 Å². The Morgan fingerprint density at radius 2 is 1.95 bits per heavy atom. The van der Waals surface area contributed by atoms with Gasteiger partial charge in [-0.2, -0.15) is 0 Å². The third-order valence-corrected chi connectivity index (χ3v) is 3.80. The highest BCUT2D eigenvalue weighted by Gasteiger charge is 2.22. The molecule has 0 heterocycles. The fourth-order valence-electron chi connectivity index (χ4n) is 2.20. The molecule has 0 fully saturated rings. The van der Waals surface area contributed by atoms with E-state index in [1.54, 1.807) is 14.2 Å². The number of methoxy groups -OCH3 is 2. The monoisotopic (exact) mass is 266 g/mol. The molecule has 19 heavy (non-hydrogen) atoms. The number of benzene rings is 1. The maximum absolute atomic E-state index is 5.96. The van der Waals surface area contributed by atoms with E-state index >= 15 is 0 Å². The molecule has 2 atom stereocenters. The van der Waals surface area contributed by atoms with Crippen molar-refractivity contribution in [1.29, 1.82) is 0 Å². The van der Waals surface area contributed by atoms with Crippen molar-refractivity contribution in [3.63, 3.8) is 0 Å². The molecule has 2 N–H and O–H groups in total. The van der Waals surface area contributed by atoms with Crippen molar-refractivity contribution in [1.82, 2.24) is 4.90 Å². The zero-order valence-electron chi connectivity index (χ0n) is 12.6. The lowest BCUT2D eigenvalue weighted by Crippen LogP contribution is -2.36. The molecular formula is C15H26N2O2. The Morgan fingerprint density at radius 3 is 2.42 bits per heavy atom. The SMILES string of the molecule is CCC(C)N(C)C(CN)c1ccc(OC)cc1OC. The fourth-order valence-corrected chi connectivity index (χ4v) is 2.20. The molecule has 4 nitrogen and oxygen atoms in total. The first-order valence-corrected chi connectivity index (χ1v) is 6.72. The molecule has 0 saturated heterocycles. The summed E-state index contributed by atoms with van der Waals surface area (Å²) in [5.41, 5.74) is 7.07. The summed E-state index contributed by atoms with van der Waals surface area (Å²) in [7, 11) is 5.44. The summed E-state index contributed by atoms with van der Waals surface area (Å²) >= 11 is 0. The van der Waals surface area contributed by atoms with Gasteiger partial charge in [0, 0.05) is 24.2 Å². The molecule has 108 valence electrons. The fraction of sp³-hybridized carbons (Fsp3) is 0.600. The second kappa shape index (κ2) is 7.36. The van der Waals surface area contributed by atoms with Crippen LogP contribution in [0.3, 0.4) is 0 Å². The Balaban J connectivity index is 3.10. The van der Waals surface area contributed by atoms with E-state index in [0.29, 0.717) is 12.6 Å². The van der Waals surface area contributed by atoms with Crippen LogP contribution in [0.2, 0.25) is 0 Å². The molecule has 2 unspecified atom stereocenters. The van der Waals surface area contributed by atoms with E-state index < -0.39 is 0 Å². The van der Waals surface area contributed by atoms with Crippen LogP contribution >= 0.6 is 0 Å². The minimum Gasteiger partial charge on any atom is -0.497 e. The molecule has 0 aliphatic heterocycles. The molecule has 0 aromatic heterocycles. The number of ether oxygens (including phenoxy) is 2. The average molecular weight is 266 g/mol. The van der Waals surface area contributed by atoms with E-state index in [9.17, 15) is 0 Å². The van der Waals surface area contributed by atoms with Gasteiger partial charge in [-0.3, -0.25) is 4.90 Å². The first kappa shape index (κ1) is 15.8. The summed E-state index contributed by atoms with van der Waals surface area (Å²) in [5.74, 6) is 1.62. The smallest absolute Gasteiger partial charge is 0.127 e. The summed E-state index contributed by atoms with van der Waals surface area (Å²) in [4.78, 5) is 2.30. The lowest BCUT2D eigenvalue weighted by molar-refractivity contribution is 0.181. The number of rotatable bonds is 7. The number of nitrogens with two attached hydrogens (primary N) is 1. The van der Waals surface area contributed by atoms with Gasteiger partial charge in [-0.25, -0.2) is 0 Å². The third kappa shape index (κ3) is 3.61. The molecule has 1 aromatic carbocycles. The van der Waals surface area contributed by atoms with Crippen LogP contribution < -0.4 is 15.2 Å². The molecule has 0 radical (unpaired) electrons. The van der Waals surface area contributed by atoms with Crippen molar-refractivity contribution < 1.29 is 9.47 Å². The van der Waals surface area contributed by atoms with E-state index in [-0.39, 0.29) is 6.04 Å². The Hall–Kier alpha value is -1.26. The predicted octanol–water partition coefficient (Wildman–Crippen LogP) is 2.43. The van der Waals surface area contributed by atoms with Gasteiger partial charge in [0.15, 0.2) is 0 Å². The Kier molecular flexibility index (Phi) is 6.12. The molecule has 4 heteroatoms. The number of nitrogens with zero attached hydrogens (tertiary/aromatic N) is 1. The Bertz CT molecular complexity index is 396. The van der Waals surface area contributed by atoms with Crippen molar-refractivity contribution in [2.24, 2.45) is 5.73 Å². The quantitative estimate of drug-likeness (QED) is 0.823. The lowest BCUT2D eigenvalue weighted by atomic mass is 10.0. The molecule has 0 aliphatic rings. The minimum absolute atomic E-state index is 0.149. The molecule has 1 rings (SSSR count). The first-order valence-electron chi connectivity index (χ1n) is 6.72. The number of hydrogen-bond acceptors (Lipinski definition) is 4. The van der Waals surface area contributed by atoms with Gasteiger partial charge in [-0.05, 0) is 26.5 Å². The standard InChI is InChI=1S/C15H26N2O2/c1-6-11(2)17(3)14(10-16)13-8-7-12(18-4)9-15(13)19-5/h7-9,11,14H,6,10,16H2,1-5H3. The van der Waals surface area contributed by atoms with Gasteiger partial charge >= 0.3 is 0 Å². The van der Waals surface area contributed by atoms with Gasteiger partial charge in [0.2, 0.25) is 0 Å². The normalized spacial score (nSPS) is 14.3. The Morgan fingerprint density at radius 1 is 1.26 bits per heavy atom. The van der Waals surface area contributed by atoms with Crippen molar-refractivity contribution in [3.05, 3.63) is 23.8 Å². The van der Waals surface area contributed by atoms with Gasteiger partial charge in [0.25, 0.3) is 0 Å². The van der Waals surface area contributed by atoms with Gasteiger partial charge < -0.3 is 15.2 Å². The highest BCUT2D eigenvalue weighted by Crippen LogP contribution is 2.32. The molecule has 0 amide bonds. The summed E-state index contributed by atoms with van der Waals surface area (Å²) in [6.45, 7) is 4.95. The van der Waals surface area contributed by atoms with Crippen LogP contribution in [-0.4, -0.2) is 38.8 Å². The molecule has 0 bridgehead atoms. The van der Waals surface area contributed by atoms with Crippen molar-refractivity contribution >= 4 is 0 Å². The summed E-state index contributed by atoms with van der Waals surface area (Å²) < 4.78 is 10.7. The zero-order valence-corrected chi connectivity index (χ0v) is 12.6. The van der Waals surface area contributed by atoms with Crippen molar-refractivity contribution in [2.75, 3.05) is 27.8 Å². The Labute approximate surface area is 116 Å². The van der Waals surface area contributed by atoms with E-state index in [0.717, 1.165) is 23.5 Å². The van der Waals surface area contributed by atoms with E-state index in [4.69, 9.17) is 15.2 Å². The number of likely N-dealkylation sites (N-methyl/N-ethyl adjacent to an activating group) is 1. The van der Waals surface area contributed by atoms with Crippen LogP contribution in [0.4, 0.5) is 0 Å². The van der Waals surface area contributed by atoms with Crippen LogP contribution in [0.25, 0.3) is 0 Å². The highest BCUT2D eigenvalue weighted by molar-refractivity contribution is 5.42. The predicted molar refractivity (Wildman–Crippen MR) is 78.9 cm³/mol. The number of hydrogen-bond donors (Lipinski definition) is 1. The van der Waals surface area contributed by atoms with Crippen LogP contribution in [-0.2, 0) is 0 Å². The average Bonchev–Trinajstić information content (AvgIpc) is 2.47. The van der Waals surface area contributed by atoms with Crippen LogP contribution in [0.15, 0.2) is 18.2 Å². The first-order chi connectivity index (χ1) is 9.08.